The number of benzene rings is 1. The lowest BCUT2D eigenvalue weighted by Crippen LogP contribution is -2.27. The number of hydrogen-bond donors (Lipinski definition) is 2. The highest BCUT2D eigenvalue weighted by Gasteiger charge is 2.11. The summed E-state index contributed by atoms with van der Waals surface area (Å²) in [4.78, 5) is 16.4. The van der Waals surface area contributed by atoms with Crippen LogP contribution in [0.4, 0.5) is 5.69 Å². The van der Waals surface area contributed by atoms with Gasteiger partial charge in [0.05, 0.1) is 5.01 Å². The van der Waals surface area contributed by atoms with E-state index in [4.69, 9.17) is 0 Å². The third kappa shape index (κ3) is 4.56. The van der Waals surface area contributed by atoms with Crippen molar-refractivity contribution in [1.29, 1.82) is 0 Å². The molecule has 0 aliphatic rings. The lowest BCUT2D eigenvalue weighted by Gasteiger charge is -2.11. The summed E-state index contributed by atoms with van der Waals surface area (Å²) in [5.74, 6) is 0.194. The first-order valence-electron chi connectivity index (χ1n) is 7.22. The van der Waals surface area contributed by atoms with Crippen molar-refractivity contribution in [1.82, 2.24) is 10.3 Å². The van der Waals surface area contributed by atoms with Gasteiger partial charge in [0.2, 0.25) is 0 Å². The maximum Gasteiger partial charge on any atom is 0.251 e. The fourth-order valence-electron chi connectivity index (χ4n) is 1.92. The van der Waals surface area contributed by atoms with Gasteiger partial charge in [0.15, 0.2) is 0 Å². The Morgan fingerprint density at radius 3 is 2.71 bits per heavy atom. The molecule has 0 bridgehead atoms. The van der Waals surface area contributed by atoms with Crippen molar-refractivity contribution in [2.75, 3.05) is 18.4 Å². The molecule has 0 saturated carbocycles. The quantitative estimate of drug-likeness (QED) is 0.823. The van der Waals surface area contributed by atoms with Crippen LogP contribution in [0, 0.1) is 0 Å². The van der Waals surface area contributed by atoms with Gasteiger partial charge in [0.1, 0.15) is 0 Å². The second kappa shape index (κ2) is 7.78. The molecular weight excluding hydrogens is 282 g/mol. The topological polar surface area (TPSA) is 54.0 Å². The number of rotatable bonds is 7. The van der Waals surface area contributed by atoms with E-state index in [1.54, 1.807) is 17.5 Å². The van der Waals surface area contributed by atoms with Crippen molar-refractivity contribution < 1.29 is 4.79 Å². The van der Waals surface area contributed by atoms with Crippen molar-refractivity contribution in [3.63, 3.8) is 0 Å². The number of amides is 1. The average molecular weight is 303 g/mol. The first-order valence-corrected chi connectivity index (χ1v) is 8.10. The van der Waals surface area contributed by atoms with E-state index in [1.807, 2.05) is 29.6 Å². The summed E-state index contributed by atoms with van der Waals surface area (Å²) in [5, 5.41) is 9.25. The van der Waals surface area contributed by atoms with Crippen molar-refractivity contribution in [3.8, 4) is 0 Å². The monoisotopic (exact) mass is 303 g/mol. The van der Waals surface area contributed by atoms with Gasteiger partial charge >= 0.3 is 0 Å². The highest BCUT2D eigenvalue weighted by Crippen LogP contribution is 2.16. The van der Waals surface area contributed by atoms with Crippen LogP contribution in [0.15, 0.2) is 35.8 Å². The number of nitrogens with zero attached hydrogens (tertiary/aromatic N) is 1. The van der Waals surface area contributed by atoms with Gasteiger partial charge in [-0.05, 0) is 30.7 Å². The number of carbonyl (C=O) groups excluding carboxylic acids is 1. The maximum absolute atomic E-state index is 12.1. The fraction of sp³-hybridized carbons (Fsp3) is 0.375. The molecule has 1 amide bonds. The van der Waals surface area contributed by atoms with E-state index in [0.29, 0.717) is 12.1 Å². The molecule has 1 heterocycles. The number of aromatic nitrogens is 1. The van der Waals surface area contributed by atoms with Crippen LogP contribution in [0.1, 0.15) is 41.6 Å². The van der Waals surface area contributed by atoms with Gasteiger partial charge in [-0.25, -0.2) is 4.98 Å². The summed E-state index contributed by atoms with van der Waals surface area (Å²) < 4.78 is 0. The molecule has 0 aliphatic carbocycles. The van der Waals surface area contributed by atoms with Crippen LogP contribution in [-0.2, 0) is 0 Å². The predicted molar refractivity (Wildman–Crippen MR) is 88.1 cm³/mol. The molecule has 2 aromatic rings. The van der Waals surface area contributed by atoms with E-state index >= 15 is 0 Å². The van der Waals surface area contributed by atoms with Crippen LogP contribution in [0.3, 0.4) is 0 Å². The summed E-state index contributed by atoms with van der Waals surface area (Å²) in [5.41, 5.74) is 1.73. The fourth-order valence-corrected chi connectivity index (χ4v) is 2.62. The lowest BCUT2D eigenvalue weighted by molar-refractivity contribution is 0.0951. The van der Waals surface area contributed by atoms with Crippen molar-refractivity contribution in [2.45, 2.75) is 26.2 Å². The van der Waals surface area contributed by atoms with Gasteiger partial charge in [-0.2, -0.15) is 0 Å². The smallest absolute Gasteiger partial charge is 0.251 e. The highest BCUT2D eigenvalue weighted by atomic mass is 32.1. The molecule has 5 heteroatoms. The number of anilines is 1. The standard InChI is InChI=1S/C16H21N3OS/c1-3-8-17-14-6-4-13(5-7-14)15(20)19-11-12(2)16-18-9-10-21-16/h4-7,9-10,12,17H,3,8,11H2,1-2H3,(H,19,20). The van der Waals surface area contributed by atoms with E-state index in [-0.39, 0.29) is 11.8 Å². The average Bonchev–Trinajstić information content (AvgIpc) is 3.05. The molecule has 2 N–H and O–H groups in total. The second-order valence-corrected chi connectivity index (χ2v) is 5.91. The molecule has 112 valence electrons. The van der Waals surface area contributed by atoms with Crippen LogP contribution in [0.25, 0.3) is 0 Å². The molecule has 1 aromatic heterocycles. The molecule has 21 heavy (non-hydrogen) atoms. The Hall–Kier alpha value is -1.88. The van der Waals surface area contributed by atoms with Crippen LogP contribution < -0.4 is 10.6 Å². The molecule has 1 atom stereocenters. The van der Waals surface area contributed by atoms with Gasteiger partial charge in [-0.1, -0.05) is 13.8 Å². The molecular formula is C16H21N3OS. The van der Waals surface area contributed by atoms with Crippen LogP contribution in [0.2, 0.25) is 0 Å². The minimum Gasteiger partial charge on any atom is -0.385 e. The van der Waals surface area contributed by atoms with Crippen molar-refractivity contribution in [2.24, 2.45) is 0 Å². The zero-order valence-electron chi connectivity index (χ0n) is 12.4. The van der Waals surface area contributed by atoms with E-state index in [2.05, 4.69) is 29.5 Å². The molecule has 2 rings (SSSR count). The Morgan fingerprint density at radius 2 is 2.10 bits per heavy atom. The van der Waals surface area contributed by atoms with E-state index in [9.17, 15) is 4.79 Å². The number of nitrogens with one attached hydrogen (secondary N) is 2. The Bertz CT molecular complexity index is 551. The van der Waals surface area contributed by atoms with Crippen LogP contribution in [0.5, 0.6) is 0 Å². The summed E-state index contributed by atoms with van der Waals surface area (Å²) in [7, 11) is 0. The zero-order chi connectivity index (χ0) is 15.1. The Kier molecular flexibility index (Phi) is 5.75. The zero-order valence-corrected chi connectivity index (χ0v) is 13.2. The van der Waals surface area contributed by atoms with Gasteiger partial charge < -0.3 is 10.6 Å². The van der Waals surface area contributed by atoms with Crippen LogP contribution in [-0.4, -0.2) is 24.0 Å². The number of thiazole rings is 1. The van der Waals surface area contributed by atoms with E-state index in [1.165, 1.54) is 0 Å². The van der Waals surface area contributed by atoms with E-state index in [0.717, 1.165) is 23.7 Å². The Morgan fingerprint density at radius 1 is 1.33 bits per heavy atom. The molecule has 0 spiro atoms. The molecule has 0 radical (unpaired) electrons. The minimum absolute atomic E-state index is 0.0413. The SMILES string of the molecule is CCCNc1ccc(C(=O)NCC(C)c2nccs2)cc1. The number of hydrogen-bond acceptors (Lipinski definition) is 4. The van der Waals surface area contributed by atoms with Crippen LogP contribution >= 0.6 is 11.3 Å². The largest absolute Gasteiger partial charge is 0.385 e. The third-order valence-corrected chi connectivity index (χ3v) is 4.18. The van der Waals surface area contributed by atoms with Gasteiger partial charge in [-0.15, -0.1) is 11.3 Å². The molecule has 0 aliphatic heterocycles. The molecule has 0 fully saturated rings. The summed E-state index contributed by atoms with van der Waals surface area (Å²) in [6.07, 6.45) is 2.87. The predicted octanol–water partition coefficient (Wildman–Crippen LogP) is 3.50. The molecule has 4 nitrogen and oxygen atoms in total. The Labute approximate surface area is 129 Å². The maximum atomic E-state index is 12.1. The third-order valence-electron chi connectivity index (χ3n) is 3.17. The van der Waals surface area contributed by atoms with Gasteiger partial charge in [-0.3, -0.25) is 4.79 Å². The normalized spacial score (nSPS) is 11.9. The highest BCUT2D eigenvalue weighted by molar-refractivity contribution is 7.09. The first-order chi connectivity index (χ1) is 10.2. The number of carbonyl (C=O) groups is 1. The van der Waals surface area contributed by atoms with Crippen molar-refractivity contribution in [3.05, 3.63) is 46.4 Å². The lowest BCUT2D eigenvalue weighted by atomic mass is 10.1. The second-order valence-electron chi connectivity index (χ2n) is 4.99. The summed E-state index contributed by atoms with van der Waals surface area (Å²) >= 11 is 1.62. The Balaban J connectivity index is 1.85. The molecule has 1 unspecified atom stereocenters. The first kappa shape index (κ1) is 15.5. The summed E-state index contributed by atoms with van der Waals surface area (Å²) in [6, 6.07) is 7.58. The van der Waals surface area contributed by atoms with Gasteiger partial charge in [0.25, 0.3) is 5.91 Å². The minimum atomic E-state index is -0.0413. The molecule has 0 saturated heterocycles. The van der Waals surface area contributed by atoms with E-state index < -0.39 is 0 Å². The van der Waals surface area contributed by atoms with Gasteiger partial charge in [0, 0.05) is 41.8 Å². The van der Waals surface area contributed by atoms with Crippen molar-refractivity contribution >= 4 is 22.9 Å². The summed E-state index contributed by atoms with van der Waals surface area (Å²) in [6.45, 7) is 5.73. The molecule has 1 aromatic carbocycles.